The third-order valence-electron chi connectivity index (χ3n) is 5.38. The van der Waals surface area contributed by atoms with Gasteiger partial charge >= 0.3 is 0 Å². The van der Waals surface area contributed by atoms with Gasteiger partial charge in [0.2, 0.25) is 0 Å². The van der Waals surface area contributed by atoms with Crippen LogP contribution < -0.4 is 14.8 Å². The summed E-state index contributed by atoms with van der Waals surface area (Å²) in [6.45, 7) is 2.30. The van der Waals surface area contributed by atoms with Crippen LogP contribution >= 0.6 is 0 Å². The Hall–Kier alpha value is -3.87. The van der Waals surface area contributed by atoms with Gasteiger partial charge in [0, 0.05) is 24.8 Å². The summed E-state index contributed by atoms with van der Waals surface area (Å²) in [5.74, 6) is -0.0673. The number of carbonyl (C=O) groups excluding carboxylic acids is 2. The van der Waals surface area contributed by atoms with Gasteiger partial charge in [0.05, 0.1) is 19.8 Å². The Labute approximate surface area is 192 Å². The number of halogens is 1. The predicted octanol–water partition coefficient (Wildman–Crippen LogP) is 4.72. The van der Waals surface area contributed by atoms with E-state index in [0.29, 0.717) is 35.7 Å². The lowest BCUT2D eigenvalue weighted by atomic mass is 10.1. The molecule has 0 bridgehead atoms. The largest absolute Gasteiger partial charge is 0.493 e. The predicted molar refractivity (Wildman–Crippen MR) is 126 cm³/mol. The van der Waals surface area contributed by atoms with E-state index in [0.717, 1.165) is 11.1 Å². The second kappa shape index (κ2) is 10.6. The first-order valence-electron chi connectivity index (χ1n) is 10.5. The van der Waals surface area contributed by atoms with Gasteiger partial charge in [-0.2, -0.15) is 0 Å². The van der Waals surface area contributed by atoms with E-state index < -0.39 is 11.7 Å². The molecular weight excluding hydrogens is 423 g/mol. The van der Waals surface area contributed by atoms with Gasteiger partial charge in [0.25, 0.3) is 11.8 Å². The van der Waals surface area contributed by atoms with Crippen molar-refractivity contribution in [1.82, 2.24) is 4.90 Å². The van der Waals surface area contributed by atoms with Crippen molar-refractivity contribution in [3.8, 4) is 11.5 Å². The van der Waals surface area contributed by atoms with E-state index in [1.807, 2.05) is 25.1 Å². The maximum Gasteiger partial charge on any atom is 0.258 e. The van der Waals surface area contributed by atoms with Crippen LogP contribution in [0.2, 0.25) is 0 Å². The van der Waals surface area contributed by atoms with E-state index >= 15 is 0 Å². The standard InChI is InChI=1S/C26H27FN2O4/c1-17-9-11-19(16-22(17)28-25(30)20-7-5-6-8-21(20)27)26(31)29(2)14-13-18-10-12-23(32-3)24(15-18)33-4/h5-12,15-16H,13-14H2,1-4H3,(H,28,30). The molecule has 3 aromatic carbocycles. The molecule has 0 saturated carbocycles. The molecule has 0 aliphatic carbocycles. The molecule has 0 heterocycles. The van der Waals surface area contributed by atoms with Crippen LogP contribution in [-0.4, -0.2) is 44.5 Å². The molecule has 6 nitrogen and oxygen atoms in total. The van der Waals surface area contributed by atoms with E-state index in [1.54, 1.807) is 50.4 Å². The molecule has 172 valence electrons. The Kier molecular flexibility index (Phi) is 7.66. The molecule has 0 atom stereocenters. The molecular formula is C26H27FN2O4. The van der Waals surface area contributed by atoms with Crippen LogP contribution in [0.15, 0.2) is 60.7 Å². The highest BCUT2D eigenvalue weighted by atomic mass is 19.1. The summed E-state index contributed by atoms with van der Waals surface area (Å²) < 4.78 is 24.5. The number of benzene rings is 3. The van der Waals surface area contributed by atoms with E-state index in [9.17, 15) is 14.0 Å². The summed E-state index contributed by atoms with van der Waals surface area (Å²) in [6.07, 6.45) is 0.630. The summed E-state index contributed by atoms with van der Waals surface area (Å²) in [4.78, 5) is 27.1. The normalized spacial score (nSPS) is 10.5. The number of ether oxygens (including phenoxy) is 2. The van der Waals surface area contributed by atoms with E-state index in [4.69, 9.17) is 9.47 Å². The molecule has 0 aromatic heterocycles. The molecule has 2 amide bonds. The van der Waals surface area contributed by atoms with Crippen LogP contribution in [0.1, 0.15) is 31.8 Å². The van der Waals surface area contributed by atoms with Crippen molar-refractivity contribution in [1.29, 1.82) is 0 Å². The highest BCUT2D eigenvalue weighted by Crippen LogP contribution is 2.28. The maximum atomic E-state index is 13.9. The van der Waals surface area contributed by atoms with Crippen molar-refractivity contribution < 1.29 is 23.5 Å². The number of amides is 2. The van der Waals surface area contributed by atoms with Crippen molar-refractivity contribution >= 4 is 17.5 Å². The van der Waals surface area contributed by atoms with E-state index in [1.165, 1.54) is 18.2 Å². The van der Waals surface area contributed by atoms with Crippen molar-refractivity contribution in [2.24, 2.45) is 0 Å². The smallest absolute Gasteiger partial charge is 0.258 e. The summed E-state index contributed by atoms with van der Waals surface area (Å²) in [5, 5.41) is 2.71. The summed E-state index contributed by atoms with van der Waals surface area (Å²) in [7, 11) is 4.89. The fourth-order valence-corrected chi connectivity index (χ4v) is 3.38. The van der Waals surface area contributed by atoms with Crippen LogP contribution in [0.5, 0.6) is 11.5 Å². The lowest BCUT2D eigenvalue weighted by Gasteiger charge is -2.19. The second-order valence-corrected chi connectivity index (χ2v) is 7.63. The van der Waals surface area contributed by atoms with Crippen molar-refractivity contribution in [3.63, 3.8) is 0 Å². The van der Waals surface area contributed by atoms with Gasteiger partial charge < -0.3 is 19.7 Å². The van der Waals surface area contributed by atoms with E-state index in [-0.39, 0.29) is 11.5 Å². The topological polar surface area (TPSA) is 67.9 Å². The van der Waals surface area contributed by atoms with Gasteiger partial charge in [-0.15, -0.1) is 0 Å². The van der Waals surface area contributed by atoms with Crippen LogP contribution in [0, 0.1) is 12.7 Å². The molecule has 0 unspecified atom stereocenters. The van der Waals surface area contributed by atoms with Gasteiger partial charge in [-0.3, -0.25) is 9.59 Å². The molecule has 7 heteroatoms. The number of likely N-dealkylation sites (N-methyl/N-ethyl adjacent to an activating group) is 1. The number of carbonyl (C=O) groups is 2. The van der Waals surface area contributed by atoms with E-state index in [2.05, 4.69) is 5.32 Å². The first kappa shape index (κ1) is 23.8. The average molecular weight is 451 g/mol. The van der Waals surface area contributed by atoms with Gasteiger partial charge in [0.1, 0.15) is 5.82 Å². The highest BCUT2D eigenvalue weighted by molar-refractivity contribution is 6.05. The number of nitrogens with zero attached hydrogens (tertiary/aromatic N) is 1. The Balaban J connectivity index is 1.69. The summed E-state index contributed by atoms with van der Waals surface area (Å²) >= 11 is 0. The van der Waals surface area contributed by atoms with Crippen molar-refractivity contribution in [3.05, 3.63) is 88.7 Å². The lowest BCUT2D eigenvalue weighted by Crippen LogP contribution is -2.29. The fraction of sp³-hybridized carbons (Fsp3) is 0.231. The first-order valence-corrected chi connectivity index (χ1v) is 10.5. The third kappa shape index (κ3) is 5.68. The number of aryl methyl sites for hydroxylation is 1. The Bertz CT molecular complexity index is 1160. The minimum absolute atomic E-state index is 0.0549. The second-order valence-electron chi connectivity index (χ2n) is 7.63. The van der Waals surface area contributed by atoms with Crippen molar-refractivity contribution in [2.45, 2.75) is 13.3 Å². The monoisotopic (exact) mass is 450 g/mol. The number of methoxy groups -OCH3 is 2. The molecule has 0 aliphatic heterocycles. The Morgan fingerprint density at radius 3 is 2.39 bits per heavy atom. The zero-order chi connectivity index (χ0) is 24.0. The first-order chi connectivity index (χ1) is 15.8. The number of rotatable bonds is 8. The summed E-state index contributed by atoms with van der Waals surface area (Å²) in [5.41, 5.74) is 2.61. The molecule has 1 N–H and O–H groups in total. The van der Waals surface area contributed by atoms with Gasteiger partial charge in [0.15, 0.2) is 11.5 Å². The van der Waals surface area contributed by atoms with Crippen LogP contribution in [-0.2, 0) is 6.42 Å². The molecule has 0 saturated heterocycles. The minimum atomic E-state index is -0.602. The van der Waals surface area contributed by atoms with Crippen molar-refractivity contribution in [2.75, 3.05) is 33.1 Å². The number of nitrogens with one attached hydrogen (secondary N) is 1. The quantitative estimate of drug-likeness (QED) is 0.539. The highest BCUT2D eigenvalue weighted by Gasteiger charge is 2.16. The number of hydrogen-bond donors (Lipinski definition) is 1. The molecule has 3 aromatic rings. The number of hydrogen-bond acceptors (Lipinski definition) is 4. The molecule has 0 fully saturated rings. The minimum Gasteiger partial charge on any atom is -0.493 e. The van der Waals surface area contributed by atoms with Crippen LogP contribution in [0.25, 0.3) is 0 Å². The molecule has 33 heavy (non-hydrogen) atoms. The molecule has 0 spiro atoms. The van der Waals surface area contributed by atoms with Gasteiger partial charge in [-0.25, -0.2) is 4.39 Å². The molecule has 0 aliphatic rings. The van der Waals surface area contributed by atoms with Crippen LogP contribution in [0.4, 0.5) is 10.1 Å². The van der Waals surface area contributed by atoms with Gasteiger partial charge in [-0.05, 0) is 60.9 Å². The molecule has 0 radical (unpaired) electrons. The fourth-order valence-electron chi connectivity index (χ4n) is 3.38. The van der Waals surface area contributed by atoms with Crippen LogP contribution in [0.3, 0.4) is 0 Å². The summed E-state index contributed by atoms with van der Waals surface area (Å²) in [6, 6.07) is 16.5. The zero-order valence-corrected chi connectivity index (χ0v) is 19.1. The third-order valence-corrected chi connectivity index (χ3v) is 5.38. The maximum absolute atomic E-state index is 13.9. The average Bonchev–Trinajstić information content (AvgIpc) is 2.83. The van der Waals surface area contributed by atoms with Gasteiger partial charge in [-0.1, -0.05) is 24.3 Å². The number of anilines is 1. The molecule has 3 rings (SSSR count). The lowest BCUT2D eigenvalue weighted by molar-refractivity contribution is 0.0796. The Morgan fingerprint density at radius 1 is 0.970 bits per heavy atom. The Morgan fingerprint density at radius 2 is 1.70 bits per heavy atom. The SMILES string of the molecule is COc1ccc(CCN(C)C(=O)c2ccc(C)c(NC(=O)c3ccccc3F)c2)cc1OC. The zero-order valence-electron chi connectivity index (χ0n) is 19.1.